The molecule has 3 amide bonds. The highest BCUT2D eigenvalue weighted by atomic mass is 16.6. The molecule has 1 unspecified atom stereocenters. The Bertz CT molecular complexity index is 1170. The lowest BCUT2D eigenvalue weighted by atomic mass is 9.92. The highest BCUT2D eigenvalue weighted by Gasteiger charge is 2.46. The molecule has 1 atom stereocenters. The minimum atomic E-state index is -0.979. The SMILES string of the molecule is CCOC(=O)c1ccc(N2C(=O)CC(N(C(=O)c3ccc([N+](=O)[O-])cc3)C3CCCCC3)C2=O)cc1. The van der Waals surface area contributed by atoms with Crippen molar-refractivity contribution in [2.24, 2.45) is 0 Å². The van der Waals surface area contributed by atoms with Crippen LogP contribution in [0.4, 0.5) is 11.4 Å². The topological polar surface area (TPSA) is 127 Å². The van der Waals surface area contributed by atoms with Gasteiger partial charge in [0, 0.05) is 23.7 Å². The van der Waals surface area contributed by atoms with Crippen LogP contribution < -0.4 is 4.90 Å². The number of non-ortho nitro benzene ring substituents is 1. The molecule has 1 aliphatic heterocycles. The first-order valence-corrected chi connectivity index (χ1v) is 12.0. The number of nitro groups is 1. The van der Waals surface area contributed by atoms with Crippen molar-refractivity contribution in [3.63, 3.8) is 0 Å². The number of carbonyl (C=O) groups is 4. The van der Waals surface area contributed by atoms with Gasteiger partial charge in [0.2, 0.25) is 5.91 Å². The molecule has 188 valence electrons. The second kappa shape index (κ2) is 10.7. The fourth-order valence-corrected chi connectivity index (χ4v) is 4.86. The maximum Gasteiger partial charge on any atom is 0.338 e. The third kappa shape index (κ3) is 4.98. The summed E-state index contributed by atoms with van der Waals surface area (Å²) in [7, 11) is 0. The molecule has 2 aliphatic rings. The Morgan fingerprint density at radius 1 is 1.00 bits per heavy atom. The monoisotopic (exact) mass is 493 g/mol. The van der Waals surface area contributed by atoms with E-state index in [1.165, 1.54) is 53.4 Å². The van der Waals surface area contributed by atoms with Gasteiger partial charge in [-0.25, -0.2) is 9.69 Å². The van der Waals surface area contributed by atoms with Gasteiger partial charge in [0.25, 0.3) is 17.5 Å². The van der Waals surface area contributed by atoms with Gasteiger partial charge in [0.1, 0.15) is 6.04 Å². The molecule has 1 saturated carbocycles. The van der Waals surface area contributed by atoms with E-state index in [0.717, 1.165) is 24.2 Å². The number of nitro benzene ring substituents is 1. The highest BCUT2D eigenvalue weighted by Crippen LogP contribution is 2.32. The predicted octanol–water partition coefficient (Wildman–Crippen LogP) is 3.88. The first kappa shape index (κ1) is 25.0. The van der Waals surface area contributed by atoms with Gasteiger partial charge in [-0.15, -0.1) is 0 Å². The molecule has 1 heterocycles. The van der Waals surface area contributed by atoms with Gasteiger partial charge >= 0.3 is 5.97 Å². The summed E-state index contributed by atoms with van der Waals surface area (Å²) >= 11 is 0. The number of ether oxygens (including phenoxy) is 1. The van der Waals surface area contributed by atoms with E-state index in [1.807, 2.05) is 0 Å². The molecule has 4 rings (SSSR count). The van der Waals surface area contributed by atoms with Crippen molar-refractivity contribution in [2.45, 2.75) is 57.5 Å². The van der Waals surface area contributed by atoms with Gasteiger partial charge in [-0.1, -0.05) is 19.3 Å². The normalized spacial score (nSPS) is 18.2. The molecule has 2 aromatic rings. The fourth-order valence-electron chi connectivity index (χ4n) is 4.86. The van der Waals surface area contributed by atoms with Crippen LogP contribution in [0, 0.1) is 10.1 Å². The van der Waals surface area contributed by atoms with Crippen LogP contribution in [0.25, 0.3) is 0 Å². The maximum absolute atomic E-state index is 13.6. The molecule has 1 saturated heterocycles. The minimum Gasteiger partial charge on any atom is -0.462 e. The molecule has 1 aliphatic carbocycles. The maximum atomic E-state index is 13.6. The van der Waals surface area contributed by atoms with E-state index < -0.39 is 34.7 Å². The summed E-state index contributed by atoms with van der Waals surface area (Å²) in [5.74, 6) is -1.88. The zero-order chi connectivity index (χ0) is 25.8. The Morgan fingerprint density at radius 2 is 1.61 bits per heavy atom. The fraction of sp³-hybridized carbons (Fsp3) is 0.385. The smallest absolute Gasteiger partial charge is 0.338 e. The van der Waals surface area contributed by atoms with E-state index in [2.05, 4.69) is 0 Å². The van der Waals surface area contributed by atoms with E-state index in [-0.39, 0.29) is 30.3 Å². The summed E-state index contributed by atoms with van der Waals surface area (Å²) in [5.41, 5.74) is 0.698. The lowest BCUT2D eigenvalue weighted by molar-refractivity contribution is -0.384. The number of benzene rings is 2. The van der Waals surface area contributed by atoms with Crippen LogP contribution in [0.2, 0.25) is 0 Å². The Balaban J connectivity index is 1.62. The molecule has 0 spiro atoms. The van der Waals surface area contributed by atoms with Crippen molar-refractivity contribution >= 4 is 35.1 Å². The van der Waals surface area contributed by atoms with Gasteiger partial charge in [-0.05, 0) is 56.2 Å². The number of nitrogens with zero attached hydrogens (tertiary/aromatic N) is 3. The number of rotatable bonds is 7. The van der Waals surface area contributed by atoms with Crippen LogP contribution in [0.1, 0.15) is 66.2 Å². The molecular weight excluding hydrogens is 466 g/mol. The van der Waals surface area contributed by atoms with Gasteiger partial charge in [-0.2, -0.15) is 0 Å². The largest absolute Gasteiger partial charge is 0.462 e. The van der Waals surface area contributed by atoms with E-state index in [1.54, 1.807) is 6.92 Å². The molecular formula is C26H27N3O7. The first-order chi connectivity index (χ1) is 17.3. The second-order valence-corrected chi connectivity index (χ2v) is 8.86. The van der Waals surface area contributed by atoms with Gasteiger partial charge < -0.3 is 9.64 Å². The van der Waals surface area contributed by atoms with Crippen molar-refractivity contribution < 1.29 is 28.8 Å². The molecule has 0 aromatic heterocycles. The Morgan fingerprint density at radius 3 is 2.19 bits per heavy atom. The van der Waals surface area contributed by atoms with Gasteiger partial charge in [0.15, 0.2) is 0 Å². The third-order valence-corrected chi connectivity index (χ3v) is 6.62. The van der Waals surface area contributed by atoms with E-state index >= 15 is 0 Å². The quantitative estimate of drug-likeness (QED) is 0.248. The number of hydrogen-bond acceptors (Lipinski definition) is 7. The standard InChI is InChI=1S/C26H27N3O7/c1-2-36-26(33)18-10-12-20(13-11-18)28-23(30)16-22(25(28)32)27(19-6-4-3-5-7-19)24(31)17-8-14-21(15-9-17)29(34)35/h8-15,19,22H,2-7,16H2,1H3. The van der Waals surface area contributed by atoms with Crippen molar-refractivity contribution in [1.82, 2.24) is 4.90 Å². The lowest BCUT2D eigenvalue weighted by Gasteiger charge is -2.37. The summed E-state index contributed by atoms with van der Waals surface area (Å²) in [5, 5.41) is 11.0. The number of anilines is 1. The van der Waals surface area contributed by atoms with Crippen LogP contribution in [0.3, 0.4) is 0 Å². The van der Waals surface area contributed by atoms with Crippen LogP contribution in [-0.2, 0) is 14.3 Å². The number of hydrogen-bond donors (Lipinski definition) is 0. The number of amides is 3. The predicted molar refractivity (Wildman–Crippen MR) is 129 cm³/mol. The van der Waals surface area contributed by atoms with Gasteiger partial charge in [-0.3, -0.25) is 24.5 Å². The van der Waals surface area contributed by atoms with Crippen LogP contribution in [-0.4, -0.2) is 52.2 Å². The summed E-state index contributed by atoms with van der Waals surface area (Å²) in [6.07, 6.45) is 4.11. The number of carbonyl (C=O) groups excluding carboxylic acids is 4. The molecule has 2 fully saturated rings. The van der Waals surface area contributed by atoms with E-state index in [0.29, 0.717) is 24.1 Å². The van der Waals surface area contributed by atoms with E-state index in [4.69, 9.17) is 4.74 Å². The van der Waals surface area contributed by atoms with E-state index in [9.17, 15) is 29.3 Å². The summed E-state index contributed by atoms with van der Waals surface area (Å²) in [6.45, 7) is 1.93. The number of imide groups is 1. The third-order valence-electron chi connectivity index (χ3n) is 6.62. The molecule has 0 bridgehead atoms. The summed E-state index contributed by atoms with van der Waals surface area (Å²) < 4.78 is 4.97. The first-order valence-electron chi connectivity index (χ1n) is 12.0. The van der Waals surface area contributed by atoms with Crippen molar-refractivity contribution in [3.8, 4) is 0 Å². The Hall–Kier alpha value is -4.08. The number of esters is 1. The average Bonchev–Trinajstić information content (AvgIpc) is 3.18. The highest BCUT2D eigenvalue weighted by molar-refractivity contribution is 6.23. The molecule has 10 nitrogen and oxygen atoms in total. The minimum absolute atomic E-state index is 0.139. The zero-order valence-corrected chi connectivity index (χ0v) is 19.9. The van der Waals surface area contributed by atoms with Crippen LogP contribution >= 0.6 is 0 Å². The molecule has 0 radical (unpaired) electrons. The lowest BCUT2D eigenvalue weighted by Crippen LogP contribution is -2.51. The summed E-state index contributed by atoms with van der Waals surface area (Å²) in [6, 6.07) is 10.1. The summed E-state index contributed by atoms with van der Waals surface area (Å²) in [4.78, 5) is 65.1. The van der Waals surface area contributed by atoms with Crippen molar-refractivity contribution in [1.29, 1.82) is 0 Å². The average molecular weight is 494 g/mol. The van der Waals surface area contributed by atoms with Crippen molar-refractivity contribution in [2.75, 3.05) is 11.5 Å². The van der Waals surface area contributed by atoms with Crippen LogP contribution in [0.5, 0.6) is 0 Å². The Kier molecular flexibility index (Phi) is 7.42. The molecule has 0 N–H and O–H groups in total. The second-order valence-electron chi connectivity index (χ2n) is 8.86. The van der Waals surface area contributed by atoms with Crippen molar-refractivity contribution in [3.05, 3.63) is 69.8 Å². The zero-order valence-electron chi connectivity index (χ0n) is 19.9. The van der Waals surface area contributed by atoms with Crippen LogP contribution in [0.15, 0.2) is 48.5 Å². The molecule has 2 aromatic carbocycles. The molecule has 36 heavy (non-hydrogen) atoms. The molecule has 10 heteroatoms. The van der Waals surface area contributed by atoms with Gasteiger partial charge in [0.05, 0.1) is 29.2 Å². The Labute approximate surface area is 208 Å².